The van der Waals surface area contributed by atoms with Crippen LogP contribution in [0.25, 0.3) is 0 Å². The molecule has 0 spiro atoms. The van der Waals surface area contributed by atoms with Crippen LogP contribution in [-0.4, -0.2) is 34.5 Å². The number of hydrogen-bond donors (Lipinski definition) is 1. The van der Waals surface area contributed by atoms with Gasteiger partial charge in [-0.25, -0.2) is 13.2 Å². The third kappa shape index (κ3) is 4.65. The molecule has 0 saturated heterocycles. The molecule has 0 unspecified atom stereocenters. The lowest BCUT2D eigenvalue weighted by atomic mass is 9.94. The van der Waals surface area contributed by atoms with Crippen molar-refractivity contribution in [2.75, 3.05) is 12.8 Å². The number of aromatic nitrogens is 1. The van der Waals surface area contributed by atoms with Crippen molar-refractivity contribution < 1.29 is 22.8 Å². The SMILES string of the molecule is CSc1ccccc1C(=O)NCc1c(C)ncc2c1CCN(C(=O)c1cc(F)c(F)cc1F)C2. The maximum Gasteiger partial charge on any atom is 0.257 e. The van der Waals surface area contributed by atoms with E-state index < -0.39 is 28.9 Å². The fourth-order valence-corrected chi connectivity index (χ4v) is 4.68. The van der Waals surface area contributed by atoms with Gasteiger partial charge in [0.2, 0.25) is 0 Å². The number of nitrogens with one attached hydrogen (secondary N) is 1. The number of hydrogen-bond acceptors (Lipinski definition) is 4. The predicted molar refractivity (Wildman–Crippen MR) is 123 cm³/mol. The van der Waals surface area contributed by atoms with E-state index in [9.17, 15) is 22.8 Å². The minimum Gasteiger partial charge on any atom is -0.348 e. The van der Waals surface area contributed by atoms with Crippen LogP contribution < -0.4 is 5.32 Å². The summed E-state index contributed by atoms with van der Waals surface area (Å²) in [6.07, 6.45) is 4.02. The van der Waals surface area contributed by atoms with E-state index in [2.05, 4.69) is 10.3 Å². The molecule has 1 aliphatic heterocycles. The Kier molecular flexibility index (Phi) is 6.92. The van der Waals surface area contributed by atoms with Crippen molar-refractivity contribution in [3.8, 4) is 0 Å². The number of amides is 2. The number of nitrogens with zero attached hydrogens (tertiary/aromatic N) is 2. The highest BCUT2D eigenvalue weighted by Gasteiger charge is 2.27. The van der Waals surface area contributed by atoms with E-state index in [1.807, 2.05) is 31.4 Å². The topological polar surface area (TPSA) is 62.3 Å². The molecular weight excluding hydrogens is 463 g/mol. The molecule has 1 N–H and O–H groups in total. The van der Waals surface area contributed by atoms with Crippen LogP contribution in [-0.2, 0) is 19.5 Å². The summed E-state index contributed by atoms with van der Waals surface area (Å²) in [7, 11) is 0. The first-order chi connectivity index (χ1) is 16.3. The fourth-order valence-electron chi connectivity index (χ4n) is 4.08. The molecular formula is C25H22F3N3O2S. The molecule has 1 aromatic heterocycles. The Morgan fingerprint density at radius 2 is 1.82 bits per heavy atom. The van der Waals surface area contributed by atoms with Gasteiger partial charge in [0.05, 0.1) is 11.1 Å². The van der Waals surface area contributed by atoms with Crippen LogP contribution in [0.5, 0.6) is 0 Å². The Balaban J connectivity index is 1.53. The maximum atomic E-state index is 14.1. The Bertz CT molecular complexity index is 1280. The molecule has 0 fully saturated rings. The molecule has 176 valence electrons. The van der Waals surface area contributed by atoms with Gasteiger partial charge in [0.15, 0.2) is 11.6 Å². The Morgan fingerprint density at radius 3 is 2.59 bits per heavy atom. The number of benzene rings is 2. The van der Waals surface area contributed by atoms with E-state index in [1.54, 1.807) is 12.3 Å². The maximum absolute atomic E-state index is 14.1. The molecule has 4 rings (SSSR count). The second-order valence-corrected chi connectivity index (χ2v) is 8.78. The van der Waals surface area contributed by atoms with Gasteiger partial charge in [0.1, 0.15) is 5.82 Å². The van der Waals surface area contributed by atoms with Gasteiger partial charge in [0, 0.05) is 42.5 Å². The number of carbonyl (C=O) groups is 2. The standard InChI is InChI=1S/C25H22F3N3O2S/c1-14-19(12-30-24(32)17-5-3-4-6-23(17)34-2)16-7-8-31(13-15(16)11-29-14)25(33)18-9-21(27)22(28)10-20(18)26/h3-6,9-11H,7-8,12-13H2,1-2H3,(H,30,32). The highest BCUT2D eigenvalue weighted by atomic mass is 32.2. The zero-order chi connectivity index (χ0) is 24.4. The summed E-state index contributed by atoms with van der Waals surface area (Å²) in [6.45, 7) is 2.54. The van der Waals surface area contributed by atoms with Crippen LogP contribution in [0.15, 0.2) is 47.5 Å². The summed E-state index contributed by atoms with van der Waals surface area (Å²) in [4.78, 5) is 32.2. The van der Waals surface area contributed by atoms with E-state index in [0.717, 1.165) is 27.3 Å². The van der Waals surface area contributed by atoms with Crippen LogP contribution in [0.4, 0.5) is 13.2 Å². The normalized spacial score (nSPS) is 12.9. The minimum atomic E-state index is -1.34. The molecule has 3 aromatic rings. The average molecular weight is 486 g/mol. The molecule has 5 nitrogen and oxygen atoms in total. The summed E-state index contributed by atoms with van der Waals surface area (Å²) in [5.74, 6) is -4.63. The molecule has 2 heterocycles. The summed E-state index contributed by atoms with van der Waals surface area (Å²) < 4.78 is 40.9. The van der Waals surface area contributed by atoms with Crippen molar-refractivity contribution >= 4 is 23.6 Å². The predicted octanol–water partition coefficient (Wildman–Crippen LogP) is 4.66. The van der Waals surface area contributed by atoms with E-state index in [1.165, 1.54) is 16.7 Å². The Morgan fingerprint density at radius 1 is 1.09 bits per heavy atom. The number of rotatable bonds is 5. The van der Waals surface area contributed by atoms with Gasteiger partial charge in [-0.1, -0.05) is 12.1 Å². The number of thioether (sulfide) groups is 1. The van der Waals surface area contributed by atoms with Crippen molar-refractivity contribution in [2.24, 2.45) is 0 Å². The van der Waals surface area contributed by atoms with Crippen LogP contribution in [0, 0.1) is 24.4 Å². The second-order valence-electron chi connectivity index (χ2n) is 7.93. The van der Waals surface area contributed by atoms with Crippen LogP contribution >= 0.6 is 11.8 Å². The van der Waals surface area contributed by atoms with Crippen LogP contribution in [0.3, 0.4) is 0 Å². The lowest BCUT2D eigenvalue weighted by Gasteiger charge is -2.30. The zero-order valence-corrected chi connectivity index (χ0v) is 19.4. The largest absolute Gasteiger partial charge is 0.348 e. The molecule has 9 heteroatoms. The van der Waals surface area contributed by atoms with Gasteiger partial charge in [-0.05, 0) is 54.5 Å². The van der Waals surface area contributed by atoms with Crippen molar-refractivity contribution in [3.05, 3.63) is 93.6 Å². The number of halogens is 3. The number of pyridine rings is 1. The summed E-state index contributed by atoms with van der Waals surface area (Å²) in [6, 6.07) is 8.31. The second kappa shape index (κ2) is 9.89. The third-order valence-electron chi connectivity index (χ3n) is 5.90. The van der Waals surface area contributed by atoms with E-state index in [0.29, 0.717) is 24.1 Å². The van der Waals surface area contributed by atoms with Gasteiger partial charge < -0.3 is 10.2 Å². The number of carbonyl (C=O) groups excluding carboxylic acids is 2. The molecule has 2 aromatic carbocycles. The quantitative estimate of drug-likeness (QED) is 0.422. The monoisotopic (exact) mass is 485 g/mol. The summed E-state index contributed by atoms with van der Waals surface area (Å²) >= 11 is 1.49. The minimum absolute atomic E-state index is 0.149. The lowest BCUT2D eigenvalue weighted by Crippen LogP contribution is -2.37. The fraction of sp³-hybridized carbons (Fsp3) is 0.240. The highest BCUT2D eigenvalue weighted by Crippen LogP contribution is 2.26. The molecule has 0 bridgehead atoms. The molecule has 2 amide bonds. The summed E-state index contributed by atoms with van der Waals surface area (Å²) in [5, 5.41) is 2.96. The molecule has 1 aliphatic rings. The lowest BCUT2D eigenvalue weighted by molar-refractivity contribution is 0.0728. The third-order valence-corrected chi connectivity index (χ3v) is 6.70. The van der Waals surface area contributed by atoms with E-state index >= 15 is 0 Å². The van der Waals surface area contributed by atoms with Crippen molar-refractivity contribution in [3.63, 3.8) is 0 Å². The first kappa shape index (κ1) is 23.8. The van der Waals surface area contributed by atoms with E-state index in [4.69, 9.17) is 0 Å². The van der Waals surface area contributed by atoms with Gasteiger partial charge in [0.25, 0.3) is 11.8 Å². The van der Waals surface area contributed by atoms with Gasteiger partial charge >= 0.3 is 0 Å². The van der Waals surface area contributed by atoms with Gasteiger partial charge in [-0.2, -0.15) is 0 Å². The van der Waals surface area contributed by atoms with Crippen molar-refractivity contribution in [1.29, 1.82) is 0 Å². The molecule has 34 heavy (non-hydrogen) atoms. The Labute approximate surface area is 199 Å². The van der Waals surface area contributed by atoms with Crippen LogP contribution in [0.2, 0.25) is 0 Å². The van der Waals surface area contributed by atoms with Crippen molar-refractivity contribution in [2.45, 2.75) is 31.3 Å². The average Bonchev–Trinajstić information content (AvgIpc) is 2.84. The Hall–Kier alpha value is -3.33. The van der Waals surface area contributed by atoms with Crippen molar-refractivity contribution in [1.82, 2.24) is 15.2 Å². The zero-order valence-electron chi connectivity index (χ0n) is 18.6. The van der Waals surface area contributed by atoms with Crippen LogP contribution in [0.1, 0.15) is 43.1 Å². The smallest absolute Gasteiger partial charge is 0.257 e. The van der Waals surface area contributed by atoms with Gasteiger partial charge in [-0.3, -0.25) is 14.6 Å². The molecule has 0 radical (unpaired) electrons. The molecule has 0 aliphatic carbocycles. The van der Waals surface area contributed by atoms with Gasteiger partial charge in [-0.15, -0.1) is 11.8 Å². The number of fused-ring (bicyclic) bond motifs is 1. The summed E-state index contributed by atoms with van der Waals surface area (Å²) in [5.41, 5.74) is 3.46. The van der Waals surface area contributed by atoms with E-state index in [-0.39, 0.29) is 25.5 Å². The molecule has 0 atom stereocenters. The molecule has 0 saturated carbocycles. The first-order valence-electron chi connectivity index (χ1n) is 10.6. The first-order valence-corrected chi connectivity index (χ1v) is 11.8. The number of aryl methyl sites for hydroxylation is 1. The highest BCUT2D eigenvalue weighted by molar-refractivity contribution is 7.98.